The van der Waals surface area contributed by atoms with Gasteiger partial charge in [-0.2, -0.15) is 0 Å². The largest absolute Gasteiger partial charge is 0.496 e. The first kappa shape index (κ1) is 13.8. The molecule has 2 aromatic rings. The monoisotopic (exact) mass is 327 g/mol. The van der Waals surface area contributed by atoms with Crippen molar-refractivity contribution in [1.82, 2.24) is 0 Å². The Kier molecular flexibility index (Phi) is 4.37. The quantitative estimate of drug-likeness (QED) is 0.901. The van der Waals surface area contributed by atoms with Gasteiger partial charge in [-0.05, 0) is 40.2 Å². The minimum Gasteiger partial charge on any atom is -0.496 e. The molecule has 0 unspecified atom stereocenters. The zero-order valence-corrected chi connectivity index (χ0v) is 11.8. The number of rotatable bonds is 4. The molecule has 2 nitrogen and oxygen atoms in total. The Balaban J connectivity index is 2.08. The van der Waals surface area contributed by atoms with Crippen molar-refractivity contribution in [2.45, 2.75) is 6.54 Å². The fraction of sp³-hybridized carbons (Fsp3) is 0.143. The summed E-state index contributed by atoms with van der Waals surface area (Å²) in [7, 11) is 1.58. The van der Waals surface area contributed by atoms with E-state index in [4.69, 9.17) is 4.74 Å². The Hall–Kier alpha value is -1.62. The molecule has 5 heteroatoms. The number of hydrogen-bond donors (Lipinski definition) is 1. The first-order valence-corrected chi connectivity index (χ1v) is 6.41. The van der Waals surface area contributed by atoms with Crippen LogP contribution in [0.2, 0.25) is 0 Å². The average Bonchev–Trinajstić information content (AvgIpc) is 2.38. The maximum Gasteiger partial charge on any atom is 0.133 e. The molecule has 0 amide bonds. The van der Waals surface area contributed by atoms with Crippen LogP contribution in [0.4, 0.5) is 14.5 Å². The second kappa shape index (κ2) is 6.02. The normalized spacial score (nSPS) is 10.3. The molecule has 0 aliphatic rings. The molecule has 2 aromatic carbocycles. The molecule has 0 aliphatic carbocycles. The molecule has 0 fully saturated rings. The van der Waals surface area contributed by atoms with Gasteiger partial charge in [-0.25, -0.2) is 8.78 Å². The average molecular weight is 328 g/mol. The molecule has 0 radical (unpaired) electrons. The van der Waals surface area contributed by atoms with E-state index in [-0.39, 0.29) is 6.54 Å². The van der Waals surface area contributed by atoms with Crippen LogP contribution in [-0.4, -0.2) is 7.11 Å². The second-order valence-electron chi connectivity index (χ2n) is 3.94. The van der Waals surface area contributed by atoms with E-state index in [0.717, 1.165) is 22.0 Å². The van der Waals surface area contributed by atoms with E-state index < -0.39 is 11.6 Å². The van der Waals surface area contributed by atoms with Crippen LogP contribution in [0.15, 0.2) is 40.9 Å². The summed E-state index contributed by atoms with van der Waals surface area (Å²) in [6, 6.07) is 9.00. The van der Waals surface area contributed by atoms with Crippen LogP contribution in [-0.2, 0) is 6.54 Å². The molecule has 2 rings (SSSR count). The van der Waals surface area contributed by atoms with Crippen molar-refractivity contribution < 1.29 is 13.5 Å². The van der Waals surface area contributed by atoms with Crippen LogP contribution < -0.4 is 10.1 Å². The van der Waals surface area contributed by atoms with Crippen molar-refractivity contribution >= 4 is 21.6 Å². The van der Waals surface area contributed by atoms with Gasteiger partial charge in [0.2, 0.25) is 0 Å². The van der Waals surface area contributed by atoms with E-state index in [1.165, 1.54) is 12.1 Å². The van der Waals surface area contributed by atoms with Gasteiger partial charge < -0.3 is 10.1 Å². The van der Waals surface area contributed by atoms with Crippen molar-refractivity contribution in [1.29, 1.82) is 0 Å². The second-order valence-corrected chi connectivity index (χ2v) is 4.79. The van der Waals surface area contributed by atoms with Crippen molar-refractivity contribution in [3.63, 3.8) is 0 Å². The Labute approximate surface area is 118 Å². The maximum atomic E-state index is 13.4. The molecule has 0 aromatic heterocycles. The smallest absolute Gasteiger partial charge is 0.133 e. The number of methoxy groups -OCH3 is 1. The minimum atomic E-state index is -0.576. The predicted octanol–water partition coefficient (Wildman–Crippen LogP) is 4.35. The van der Waals surface area contributed by atoms with Crippen LogP contribution in [0.3, 0.4) is 0 Å². The lowest BCUT2D eigenvalue weighted by molar-refractivity contribution is 0.412. The Bertz CT molecular complexity index is 590. The van der Waals surface area contributed by atoms with E-state index in [1.807, 2.05) is 12.1 Å². The van der Waals surface area contributed by atoms with Gasteiger partial charge in [0, 0.05) is 23.9 Å². The number of nitrogens with one attached hydrogen (secondary N) is 1. The Morgan fingerprint density at radius 2 is 1.95 bits per heavy atom. The topological polar surface area (TPSA) is 21.3 Å². The minimum absolute atomic E-state index is 0.283. The molecule has 100 valence electrons. The third kappa shape index (κ3) is 3.44. The van der Waals surface area contributed by atoms with E-state index in [2.05, 4.69) is 21.2 Å². The van der Waals surface area contributed by atoms with Crippen molar-refractivity contribution in [2.75, 3.05) is 12.4 Å². The standard InChI is InChI=1S/C14H12BrF2NO/c1-19-14-5-4-11(7-12(14)15)18-8-9-2-3-10(16)6-13(9)17/h2-7,18H,8H2,1H3. The number of anilines is 1. The molecule has 0 heterocycles. The van der Waals surface area contributed by atoms with Crippen LogP contribution in [0.5, 0.6) is 5.75 Å². The highest BCUT2D eigenvalue weighted by molar-refractivity contribution is 9.10. The molecule has 19 heavy (non-hydrogen) atoms. The lowest BCUT2D eigenvalue weighted by atomic mass is 10.2. The number of halogens is 3. The van der Waals surface area contributed by atoms with Gasteiger partial charge in [-0.15, -0.1) is 0 Å². The molecule has 0 saturated carbocycles. The van der Waals surface area contributed by atoms with Gasteiger partial charge in [-0.1, -0.05) is 6.07 Å². The van der Waals surface area contributed by atoms with E-state index in [1.54, 1.807) is 13.2 Å². The highest BCUT2D eigenvalue weighted by Crippen LogP contribution is 2.28. The number of benzene rings is 2. The molecule has 0 saturated heterocycles. The summed E-state index contributed by atoms with van der Waals surface area (Å²) >= 11 is 3.37. The summed E-state index contributed by atoms with van der Waals surface area (Å²) in [6.07, 6.45) is 0. The van der Waals surface area contributed by atoms with E-state index in [0.29, 0.717) is 5.56 Å². The third-order valence-electron chi connectivity index (χ3n) is 2.65. The summed E-state index contributed by atoms with van der Waals surface area (Å²) < 4.78 is 32.1. The number of hydrogen-bond acceptors (Lipinski definition) is 2. The third-order valence-corrected chi connectivity index (χ3v) is 3.27. The zero-order chi connectivity index (χ0) is 13.8. The van der Waals surface area contributed by atoms with Gasteiger partial charge >= 0.3 is 0 Å². The zero-order valence-electron chi connectivity index (χ0n) is 10.2. The lowest BCUT2D eigenvalue weighted by Gasteiger charge is -2.09. The summed E-state index contributed by atoms with van der Waals surface area (Å²) in [5.74, 6) is -0.410. The SMILES string of the molecule is COc1ccc(NCc2ccc(F)cc2F)cc1Br. The summed E-state index contributed by atoms with van der Waals surface area (Å²) in [5.41, 5.74) is 1.23. The fourth-order valence-electron chi connectivity index (χ4n) is 1.64. The van der Waals surface area contributed by atoms with Crippen LogP contribution in [0, 0.1) is 11.6 Å². The lowest BCUT2D eigenvalue weighted by Crippen LogP contribution is -2.02. The summed E-state index contributed by atoms with van der Waals surface area (Å²) in [6.45, 7) is 0.283. The predicted molar refractivity (Wildman–Crippen MR) is 74.4 cm³/mol. The van der Waals surface area contributed by atoms with Crippen molar-refractivity contribution in [2.24, 2.45) is 0 Å². The van der Waals surface area contributed by atoms with Gasteiger partial charge in [-0.3, -0.25) is 0 Å². The first-order valence-electron chi connectivity index (χ1n) is 5.61. The molecule has 0 spiro atoms. The first-order chi connectivity index (χ1) is 9.10. The molecule has 0 aliphatic heterocycles. The fourth-order valence-corrected chi connectivity index (χ4v) is 2.18. The molecule has 1 N–H and O–H groups in total. The maximum absolute atomic E-state index is 13.4. The van der Waals surface area contributed by atoms with Crippen molar-refractivity contribution in [3.8, 4) is 5.75 Å². The van der Waals surface area contributed by atoms with Crippen LogP contribution >= 0.6 is 15.9 Å². The Morgan fingerprint density at radius 1 is 1.16 bits per heavy atom. The highest BCUT2D eigenvalue weighted by atomic mass is 79.9. The van der Waals surface area contributed by atoms with E-state index >= 15 is 0 Å². The summed E-state index contributed by atoms with van der Waals surface area (Å²) in [4.78, 5) is 0. The van der Waals surface area contributed by atoms with Gasteiger partial charge in [0.1, 0.15) is 17.4 Å². The van der Waals surface area contributed by atoms with Gasteiger partial charge in [0.05, 0.1) is 11.6 Å². The summed E-state index contributed by atoms with van der Waals surface area (Å²) in [5, 5.41) is 3.07. The molecular formula is C14H12BrF2NO. The van der Waals surface area contributed by atoms with Crippen LogP contribution in [0.25, 0.3) is 0 Å². The van der Waals surface area contributed by atoms with Gasteiger partial charge in [0.15, 0.2) is 0 Å². The van der Waals surface area contributed by atoms with Crippen molar-refractivity contribution in [3.05, 3.63) is 58.1 Å². The Morgan fingerprint density at radius 3 is 2.58 bits per heavy atom. The molecular weight excluding hydrogens is 316 g/mol. The molecule has 0 bridgehead atoms. The highest BCUT2D eigenvalue weighted by Gasteiger charge is 2.05. The number of ether oxygens (including phenoxy) is 1. The van der Waals surface area contributed by atoms with Crippen LogP contribution in [0.1, 0.15) is 5.56 Å². The molecule has 0 atom stereocenters. The van der Waals surface area contributed by atoms with Gasteiger partial charge in [0.25, 0.3) is 0 Å². The van der Waals surface area contributed by atoms with E-state index in [9.17, 15) is 8.78 Å².